The number of fused-ring (bicyclic) bond motifs is 1. The number of carbonyl (C=O) groups excluding carboxylic acids is 1. The van der Waals surface area contributed by atoms with E-state index in [1.165, 1.54) is 17.7 Å². The molecule has 1 saturated carbocycles. The van der Waals surface area contributed by atoms with Crippen molar-refractivity contribution in [2.75, 3.05) is 18.0 Å². The molecule has 0 bridgehead atoms. The number of ether oxygens (including phenoxy) is 1. The molecule has 3 aromatic rings. The molecular formula is C23H25ClFN3O4. The lowest BCUT2D eigenvalue weighted by Crippen LogP contribution is -2.39. The van der Waals surface area contributed by atoms with E-state index < -0.39 is 11.8 Å². The number of aromatic nitrogens is 1. The van der Waals surface area contributed by atoms with Gasteiger partial charge in [-0.15, -0.1) is 12.4 Å². The highest BCUT2D eigenvalue weighted by Gasteiger charge is 2.33. The van der Waals surface area contributed by atoms with Gasteiger partial charge in [0.05, 0.1) is 17.7 Å². The zero-order chi connectivity index (χ0) is 21.4. The molecule has 32 heavy (non-hydrogen) atoms. The zero-order valence-corrected chi connectivity index (χ0v) is 18.2. The smallest absolute Gasteiger partial charge is 0.417 e. The first-order valence-corrected chi connectivity index (χ1v) is 10.6. The molecule has 1 amide bonds. The van der Waals surface area contributed by atoms with E-state index in [2.05, 4.69) is 10.3 Å². The summed E-state index contributed by atoms with van der Waals surface area (Å²) in [4.78, 5) is 27.8. The van der Waals surface area contributed by atoms with Crippen LogP contribution >= 0.6 is 12.4 Å². The number of H-pyrrole nitrogens is 1. The van der Waals surface area contributed by atoms with Gasteiger partial charge in [0.25, 0.3) is 0 Å². The maximum Gasteiger partial charge on any atom is 0.417 e. The van der Waals surface area contributed by atoms with Crippen LogP contribution in [0.5, 0.6) is 0 Å². The summed E-state index contributed by atoms with van der Waals surface area (Å²) in [5, 5.41) is 3.54. The van der Waals surface area contributed by atoms with E-state index in [0.717, 1.165) is 25.7 Å². The largest absolute Gasteiger partial charge is 0.443 e. The Morgan fingerprint density at radius 3 is 2.56 bits per heavy atom. The third-order valence-electron chi connectivity index (χ3n) is 6.29. The van der Waals surface area contributed by atoms with Gasteiger partial charge in [0.15, 0.2) is 5.58 Å². The summed E-state index contributed by atoms with van der Waals surface area (Å²) in [5.74, 6) is -0.244. The van der Waals surface area contributed by atoms with E-state index in [4.69, 9.17) is 9.15 Å². The lowest BCUT2D eigenvalue weighted by atomic mass is 9.82. The molecule has 1 unspecified atom stereocenters. The predicted octanol–water partition coefficient (Wildman–Crippen LogP) is 4.32. The van der Waals surface area contributed by atoms with Crippen molar-refractivity contribution < 1.29 is 18.3 Å². The van der Waals surface area contributed by atoms with Gasteiger partial charge in [-0.1, -0.05) is 12.1 Å². The molecule has 2 heterocycles. The Labute approximate surface area is 190 Å². The Bertz CT molecular complexity index is 1140. The molecule has 1 atom stereocenters. The van der Waals surface area contributed by atoms with E-state index in [1.54, 1.807) is 23.1 Å². The SMILES string of the molecule is Cl.O=C1OC(CNC2CCC(c3ccc(F)cc3)CC2)CN1c1ccc2[nH]c(=O)oc2c1. The summed E-state index contributed by atoms with van der Waals surface area (Å²) in [6.07, 6.45) is 3.55. The van der Waals surface area contributed by atoms with Crippen LogP contribution in [-0.4, -0.2) is 36.3 Å². The van der Waals surface area contributed by atoms with Crippen LogP contribution < -0.4 is 16.0 Å². The second-order valence-corrected chi connectivity index (χ2v) is 8.32. The summed E-state index contributed by atoms with van der Waals surface area (Å²) in [6, 6.07) is 12.4. The Morgan fingerprint density at radius 2 is 1.81 bits per heavy atom. The van der Waals surface area contributed by atoms with Crippen molar-refractivity contribution in [2.24, 2.45) is 0 Å². The second-order valence-electron chi connectivity index (χ2n) is 8.32. The molecule has 2 aliphatic rings. The average Bonchev–Trinajstić information content (AvgIpc) is 3.33. The van der Waals surface area contributed by atoms with E-state index in [9.17, 15) is 14.0 Å². The predicted molar refractivity (Wildman–Crippen MR) is 121 cm³/mol. The van der Waals surface area contributed by atoms with Crippen LogP contribution in [0, 0.1) is 5.82 Å². The number of cyclic esters (lactones) is 1. The fourth-order valence-electron chi connectivity index (χ4n) is 4.60. The minimum absolute atomic E-state index is 0. The number of halogens is 2. The van der Waals surface area contributed by atoms with Crippen molar-refractivity contribution in [3.05, 3.63) is 64.4 Å². The van der Waals surface area contributed by atoms with Crippen LogP contribution in [0.1, 0.15) is 37.2 Å². The van der Waals surface area contributed by atoms with E-state index >= 15 is 0 Å². The molecule has 1 saturated heterocycles. The van der Waals surface area contributed by atoms with Gasteiger partial charge >= 0.3 is 11.8 Å². The highest BCUT2D eigenvalue weighted by atomic mass is 35.5. The van der Waals surface area contributed by atoms with Gasteiger partial charge in [-0.25, -0.2) is 14.0 Å². The molecule has 2 fully saturated rings. The Kier molecular flexibility index (Phi) is 6.53. The molecule has 0 radical (unpaired) electrons. The van der Waals surface area contributed by atoms with Crippen LogP contribution in [0.15, 0.2) is 51.7 Å². The molecule has 0 spiro atoms. The third kappa shape index (κ3) is 4.66. The van der Waals surface area contributed by atoms with Gasteiger partial charge in [0, 0.05) is 18.7 Å². The van der Waals surface area contributed by atoms with Crippen LogP contribution in [-0.2, 0) is 4.74 Å². The summed E-state index contributed by atoms with van der Waals surface area (Å²) >= 11 is 0. The highest BCUT2D eigenvalue weighted by Crippen LogP contribution is 2.33. The normalized spacial score (nSPS) is 23.2. The lowest BCUT2D eigenvalue weighted by molar-refractivity contribution is 0.136. The molecule has 2 aromatic carbocycles. The standard InChI is InChI=1S/C23H24FN3O4.ClH/c24-16-5-1-14(2-6-16)15-3-7-17(8-4-15)25-12-19-13-27(23(29)30-19)18-9-10-20-21(11-18)31-22(28)26-20;/h1-2,5-6,9-11,15,17,19,25H,3-4,7-8,12-13H2,(H,26,28);1H. The van der Waals surface area contributed by atoms with Crippen LogP contribution in [0.2, 0.25) is 0 Å². The topological polar surface area (TPSA) is 87.6 Å². The van der Waals surface area contributed by atoms with E-state index in [0.29, 0.717) is 41.8 Å². The molecule has 7 nitrogen and oxygen atoms in total. The van der Waals surface area contributed by atoms with Gasteiger partial charge in [0.1, 0.15) is 11.9 Å². The van der Waals surface area contributed by atoms with Crippen LogP contribution in [0.4, 0.5) is 14.9 Å². The summed E-state index contributed by atoms with van der Waals surface area (Å²) in [6.45, 7) is 1.03. The highest BCUT2D eigenvalue weighted by molar-refractivity contribution is 5.92. The number of rotatable bonds is 5. The number of carbonyl (C=O) groups is 1. The van der Waals surface area contributed by atoms with Gasteiger partial charge in [-0.3, -0.25) is 9.88 Å². The molecule has 1 aromatic heterocycles. The number of amides is 1. The van der Waals surface area contributed by atoms with E-state index in [-0.39, 0.29) is 24.3 Å². The number of anilines is 1. The van der Waals surface area contributed by atoms with Gasteiger partial charge in [-0.05, 0) is 61.4 Å². The van der Waals surface area contributed by atoms with Crippen molar-refractivity contribution >= 4 is 35.3 Å². The third-order valence-corrected chi connectivity index (χ3v) is 6.29. The molecular weight excluding hydrogens is 437 g/mol. The van der Waals surface area contributed by atoms with Crippen LogP contribution in [0.25, 0.3) is 11.1 Å². The first-order valence-electron chi connectivity index (χ1n) is 10.6. The van der Waals surface area contributed by atoms with Crippen molar-refractivity contribution in [1.29, 1.82) is 0 Å². The number of aromatic amines is 1. The zero-order valence-electron chi connectivity index (χ0n) is 17.4. The molecule has 9 heteroatoms. The minimum atomic E-state index is -0.521. The minimum Gasteiger partial charge on any atom is -0.443 e. The van der Waals surface area contributed by atoms with Gasteiger partial charge in [-0.2, -0.15) is 0 Å². The summed E-state index contributed by atoms with van der Waals surface area (Å²) in [5.41, 5.74) is 2.85. The Balaban J connectivity index is 0.00000245. The molecule has 170 valence electrons. The first kappa shape index (κ1) is 22.4. The summed E-state index contributed by atoms with van der Waals surface area (Å²) in [7, 11) is 0. The van der Waals surface area contributed by atoms with Crippen molar-refractivity contribution in [3.8, 4) is 0 Å². The number of nitrogens with zero attached hydrogens (tertiary/aromatic N) is 1. The summed E-state index contributed by atoms with van der Waals surface area (Å²) < 4.78 is 23.7. The van der Waals surface area contributed by atoms with Crippen molar-refractivity contribution in [2.45, 2.75) is 43.7 Å². The van der Waals surface area contributed by atoms with Gasteiger partial charge < -0.3 is 14.5 Å². The molecule has 2 N–H and O–H groups in total. The van der Waals surface area contributed by atoms with E-state index in [1.807, 2.05) is 12.1 Å². The maximum atomic E-state index is 13.1. The van der Waals surface area contributed by atoms with Crippen LogP contribution in [0.3, 0.4) is 0 Å². The number of hydrogen-bond acceptors (Lipinski definition) is 5. The van der Waals surface area contributed by atoms with Crippen molar-refractivity contribution in [1.82, 2.24) is 10.3 Å². The number of nitrogens with one attached hydrogen (secondary N) is 2. The fourth-order valence-corrected chi connectivity index (χ4v) is 4.60. The Morgan fingerprint density at radius 1 is 1.06 bits per heavy atom. The maximum absolute atomic E-state index is 13.1. The molecule has 1 aliphatic heterocycles. The first-order chi connectivity index (χ1) is 15.0. The van der Waals surface area contributed by atoms with Crippen molar-refractivity contribution in [3.63, 3.8) is 0 Å². The quantitative estimate of drug-likeness (QED) is 0.590. The average molecular weight is 462 g/mol. The lowest BCUT2D eigenvalue weighted by Gasteiger charge is -2.30. The monoisotopic (exact) mass is 461 g/mol. The number of benzene rings is 2. The number of oxazole rings is 1. The fraction of sp³-hybridized carbons (Fsp3) is 0.391. The Hall–Kier alpha value is -2.84. The number of hydrogen-bond donors (Lipinski definition) is 2. The second kappa shape index (κ2) is 9.34. The van der Waals surface area contributed by atoms with Gasteiger partial charge in [0.2, 0.25) is 0 Å². The molecule has 1 aliphatic carbocycles. The molecule has 5 rings (SSSR count).